The summed E-state index contributed by atoms with van der Waals surface area (Å²) in [6.07, 6.45) is 7.51. The van der Waals surface area contributed by atoms with E-state index in [1.165, 1.54) is 5.57 Å². The lowest BCUT2D eigenvalue weighted by molar-refractivity contribution is -0.149. The van der Waals surface area contributed by atoms with Gasteiger partial charge in [-0.1, -0.05) is 25.5 Å². The van der Waals surface area contributed by atoms with Crippen LogP contribution in [-0.4, -0.2) is 11.6 Å². The van der Waals surface area contributed by atoms with Gasteiger partial charge in [0.25, 0.3) is 0 Å². The summed E-state index contributed by atoms with van der Waals surface area (Å²) >= 11 is 0. The molecule has 3 aliphatic carbocycles. The van der Waals surface area contributed by atoms with Crippen molar-refractivity contribution in [1.82, 2.24) is 0 Å². The molecule has 0 spiro atoms. The molecule has 2 heteroatoms. The van der Waals surface area contributed by atoms with Crippen molar-refractivity contribution in [3.05, 3.63) is 11.6 Å². The van der Waals surface area contributed by atoms with Crippen LogP contribution in [0, 0.1) is 22.7 Å². The molecule has 3 aliphatic rings. The highest BCUT2D eigenvalue weighted by atomic mass is 16.1. The number of carbonyl (C=O) groups is 2. The molecule has 3 rings (SSSR count). The molecule has 2 saturated carbocycles. The summed E-state index contributed by atoms with van der Waals surface area (Å²) in [7, 11) is 0. The van der Waals surface area contributed by atoms with Crippen LogP contribution in [0.15, 0.2) is 11.6 Å². The van der Waals surface area contributed by atoms with E-state index >= 15 is 0 Å². The summed E-state index contributed by atoms with van der Waals surface area (Å²) in [4.78, 5) is 25.0. The predicted octanol–water partition coefficient (Wildman–Crippen LogP) is 3.70. The fourth-order valence-corrected chi connectivity index (χ4v) is 4.76. The number of ketones is 2. The largest absolute Gasteiger partial charge is 0.299 e. The number of hydrogen-bond donors (Lipinski definition) is 0. The van der Waals surface area contributed by atoms with E-state index in [9.17, 15) is 9.59 Å². The van der Waals surface area contributed by atoms with Gasteiger partial charge in [-0.2, -0.15) is 0 Å². The van der Waals surface area contributed by atoms with E-state index in [1.807, 2.05) is 0 Å². The predicted molar refractivity (Wildman–Crippen MR) is 74.7 cm³/mol. The van der Waals surface area contributed by atoms with E-state index in [2.05, 4.69) is 26.8 Å². The van der Waals surface area contributed by atoms with Gasteiger partial charge in [-0.3, -0.25) is 9.59 Å². The normalized spacial score (nSPS) is 46.4. The summed E-state index contributed by atoms with van der Waals surface area (Å²) in [6, 6.07) is 0. The topological polar surface area (TPSA) is 34.1 Å². The first-order valence-corrected chi connectivity index (χ1v) is 7.58. The van der Waals surface area contributed by atoms with Crippen LogP contribution in [0.25, 0.3) is 0 Å². The van der Waals surface area contributed by atoms with Crippen molar-refractivity contribution in [1.29, 1.82) is 0 Å². The second-order valence-electron chi connectivity index (χ2n) is 7.52. The van der Waals surface area contributed by atoms with E-state index in [1.54, 1.807) is 0 Å². The van der Waals surface area contributed by atoms with Crippen molar-refractivity contribution in [3.63, 3.8) is 0 Å². The van der Waals surface area contributed by atoms with E-state index < -0.39 is 0 Å². The molecule has 2 fully saturated rings. The second-order valence-corrected chi connectivity index (χ2v) is 7.52. The zero-order valence-corrected chi connectivity index (χ0v) is 12.3. The summed E-state index contributed by atoms with van der Waals surface area (Å²) in [6.45, 7) is 6.46. The molecule has 0 N–H and O–H groups in total. The number of hydrogen-bond acceptors (Lipinski definition) is 2. The van der Waals surface area contributed by atoms with E-state index in [4.69, 9.17) is 0 Å². The molecule has 0 heterocycles. The van der Waals surface area contributed by atoms with Gasteiger partial charge in [0.05, 0.1) is 0 Å². The molecule has 0 bridgehead atoms. The molecule has 0 aromatic heterocycles. The van der Waals surface area contributed by atoms with Crippen molar-refractivity contribution in [2.45, 2.75) is 59.3 Å². The van der Waals surface area contributed by atoms with Gasteiger partial charge in [0.15, 0.2) is 0 Å². The van der Waals surface area contributed by atoms with E-state index in [0.29, 0.717) is 30.3 Å². The molecule has 0 aromatic rings. The van der Waals surface area contributed by atoms with Gasteiger partial charge < -0.3 is 0 Å². The Morgan fingerprint density at radius 1 is 1.21 bits per heavy atom. The lowest BCUT2D eigenvalue weighted by atomic mass is 9.52. The third-order valence-electron chi connectivity index (χ3n) is 6.19. The number of carbonyl (C=O) groups excluding carboxylic acids is 2. The van der Waals surface area contributed by atoms with Crippen LogP contribution in [0.2, 0.25) is 0 Å². The standard InChI is InChI=1S/C17H24O2/c1-11-4-5-12-15-13(18)7-9-17(15,3)14(19)10-16(12,2)8-6-11/h6,12,15H,4-5,7-10H2,1-3H3/t12-,15?,16-,17+/m1/s1. The van der Waals surface area contributed by atoms with E-state index in [-0.39, 0.29) is 16.7 Å². The lowest BCUT2D eigenvalue weighted by Crippen LogP contribution is -2.51. The van der Waals surface area contributed by atoms with E-state index in [0.717, 1.165) is 25.7 Å². The van der Waals surface area contributed by atoms with Gasteiger partial charge in [-0.05, 0) is 43.9 Å². The van der Waals surface area contributed by atoms with Crippen LogP contribution in [-0.2, 0) is 9.59 Å². The average Bonchev–Trinajstić information content (AvgIpc) is 2.57. The Morgan fingerprint density at radius 3 is 2.68 bits per heavy atom. The SMILES string of the molecule is CC1=CC[C@]2(C)CC(=O)[C@]3(C)CCC(=O)C3[C@H]2CC1. The van der Waals surface area contributed by atoms with Crippen LogP contribution in [0.3, 0.4) is 0 Å². The molecule has 19 heavy (non-hydrogen) atoms. The molecule has 0 saturated heterocycles. The maximum absolute atomic E-state index is 12.6. The Morgan fingerprint density at radius 2 is 1.95 bits per heavy atom. The summed E-state index contributed by atoms with van der Waals surface area (Å²) in [5, 5.41) is 0. The number of fused-ring (bicyclic) bond motifs is 3. The smallest absolute Gasteiger partial charge is 0.140 e. The van der Waals surface area contributed by atoms with Crippen molar-refractivity contribution < 1.29 is 9.59 Å². The molecule has 4 atom stereocenters. The van der Waals surface area contributed by atoms with Crippen LogP contribution in [0.4, 0.5) is 0 Å². The molecule has 104 valence electrons. The Bertz CT molecular complexity index is 476. The van der Waals surface area contributed by atoms with Crippen molar-refractivity contribution >= 4 is 11.6 Å². The Hall–Kier alpha value is -0.920. The summed E-state index contributed by atoms with van der Waals surface area (Å²) < 4.78 is 0. The van der Waals surface area contributed by atoms with Gasteiger partial charge in [0.1, 0.15) is 11.6 Å². The minimum Gasteiger partial charge on any atom is -0.299 e. The number of allylic oxidation sites excluding steroid dienone is 2. The molecular weight excluding hydrogens is 236 g/mol. The molecule has 0 radical (unpaired) electrons. The average molecular weight is 260 g/mol. The Balaban J connectivity index is 2.04. The van der Waals surface area contributed by atoms with Crippen molar-refractivity contribution in [2.24, 2.45) is 22.7 Å². The molecule has 1 unspecified atom stereocenters. The minimum absolute atomic E-state index is 0.00181. The maximum atomic E-state index is 12.6. The first-order valence-electron chi connectivity index (χ1n) is 7.58. The minimum atomic E-state index is -0.348. The summed E-state index contributed by atoms with van der Waals surface area (Å²) in [5.41, 5.74) is 1.09. The Labute approximate surface area is 115 Å². The second kappa shape index (κ2) is 4.04. The van der Waals surface area contributed by atoms with Gasteiger partial charge >= 0.3 is 0 Å². The first kappa shape index (κ1) is 13.1. The molecule has 2 nitrogen and oxygen atoms in total. The van der Waals surface area contributed by atoms with Gasteiger partial charge in [-0.15, -0.1) is 0 Å². The summed E-state index contributed by atoms with van der Waals surface area (Å²) in [5.74, 6) is 1.10. The highest BCUT2D eigenvalue weighted by Crippen LogP contribution is 2.60. The van der Waals surface area contributed by atoms with Crippen LogP contribution in [0.5, 0.6) is 0 Å². The van der Waals surface area contributed by atoms with Gasteiger partial charge in [-0.25, -0.2) is 0 Å². The molecular formula is C17H24O2. The fourth-order valence-electron chi connectivity index (χ4n) is 4.76. The Kier molecular flexibility index (Phi) is 2.78. The van der Waals surface area contributed by atoms with Gasteiger partial charge in [0.2, 0.25) is 0 Å². The lowest BCUT2D eigenvalue weighted by Gasteiger charge is -2.49. The maximum Gasteiger partial charge on any atom is 0.140 e. The zero-order chi connectivity index (χ0) is 13.8. The van der Waals surface area contributed by atoms with Gasteiger partial charge in [0, 0.05) is 24.2 Å². The van der Waals surface area contributed by atoms with Crippen LogP contribution >= 0.6 is 0 Å². The van der Waals surface area contributed by atoms with Crippen LogP contribution < -0.4 is 0 Å². The fraction of sp³-hybridized carbons (Fsp3) is 0.765. The molecule has 0 amide bonds. The quantitative estimate of drug-likeness (QED) is 0.622. The number of Topliss-reactive ketones (excluding diaryl/α,β-unsaturated/α-hetero) is 2. The monoisotopic (exact) mass is 260 g/mol. The zero-order valence-electron chi connectivity index (χ0n) is 12.3. The molecule has 0 aliphatic heterocycles. The first-order chi connectivity index (χ1) is 8.87. The number of rotatable bonds is 0. The highest BCUT2D eigenvalue weighted by molar-refractivity contribution is 5.97. The van der Waals surface area contributed by atoms with Crippen molar-refractivity contribution in [3.8, 4) is 0 Å². The third kappa shape index (κ3) is 1.75. The van der Waals surface area contributed by atoms with Crippen molar-refractivity contribution in [2.75, 3.05) is 0 Å². The highest BCUT2D eigenvalue weighted by Gasteiger charge is 2.60. The third-order valence-corrected chi connectivity index (χ3v) is 6.19. The molecule has 0 aromatic carbocycles. The van der Waals surface area contributed by atoms with Crippen LogP contribution in [0.1, 0.15) is 59.3 Å².